The van der Waals surface area contributed by atoms with Crippen LogP contribution in [0.15, 0.2) is 18.2 Å². The van der Waals surface area contributed by atoms with Crippen molar-refractivity contribution in [3.8, 4) is 0 Å². The van der Waals surface area contributed by atoms with E-state index in [2.05, 4.69) is 10.6 Å². The molecule has 1 aliphatic rings. The Hall–Kier alpha value is -1.31. The standard InChI is InChI=1S/C12H12ClF3N2O2/c13-8-3-7(12(14,15)16)4-9(5-8)18-11(19)10-6-17-1-2-20-10/h3-5,10,17H,1-2,6H2,(H,18,19). The average molecular weight is 309 g/mol. The number of nitrogens with one attached hydrogen (secondary N) is 2. The van der Waals surface area contributed by atoms with E-state index in [-0.39, 0.29) is 10.7 Å². The first-order valence-corrected chi connectivity index (χ1v) is 6.25. The number of hydrogen-bond acceptors (Lipinski definition) is 3. The lowest BCUT2D eigenvalue weighted by Crippen LogP contribution is -2.45. The maximum atomic E-state index is 12.6. The molecule has 0 saturated carbocycles. The third kappa shape index (κ3) is 3.84. The summed E-state index contributed by atoms with van der Waals surface area (Å²) < 4.78 is 43.1. The molecule has 0 radical (unpaired) electrons. The van der Waals surface area contributed by atoms with Gasteiger partial charge < -0.3 is 15.4 Å². The van der Waals surface area contributed by atoms with E-state index in [9.17, 15) is 18.0 Å². The number of benzene rings is 1. The summed E-state index contributed by atoms with van der Waals surface area (Å²) >= 11 is 5.63. The summed E-state index contributed by atoms with van der Waals surface area (Å²) in [5, 5.41) is 5.23. The van der Waals surface area contributed by atoms with E-state index >= 15 is 0 Å². The van der Waals surface area contributed by atoms with Gasteiger partial charge in [-0.3, -0.25) is 4.79 Å². The van der Waals surface area contributed by atoms with Gasteiger partial charge in [-0.25, -0.2) is 0 Å². The highest BCUT2D eigenvalue weighted by Gasteiger charge is 2.31. The summed E-state index contributed by atoms with van der Waals surface area (Å²) in [5.74, 6) is -0.507. The van der Waals surface area contributed by atoms with Crippen LogP contribution in [0.4, 0.5) is 18.9 Å². The monoisotopic (exact) mass is 308 g/mol. The number of amides is 1. The van der Waals surface area contributed by atoms with Gasteiger partial charge >= 0.3 is 6.18 Å². The Morgan fingerprint density at radius 3 is 2.75 bits per heavy atom. The summed E-state index contributed by atoms with van der Waals surface area (Å²) in [6.07, 6.45) is -5.25. The lowest BCUT2D eigenvalue weighted by molar-refractivity contribution is -0.137. The van der Waals surface area contributed by atoms with Crippen molar-refractivity contribution >= 4 is 23.2 Å². The van der Waals surface area contributed by atoms with Gasteiger partial charge in [0.2, 0.25) is 0 Å². The second-order valence-corrected chi connectivity index (χ2v) is 4.72. The molecule has 1 atom stereocenters. The topological polar surface area (TPSA) is 50.4 Å². The van der Waals surface area contributed by atoms with Crippen molar-refractivity contribution in [2.24, 2.45) is 0 Å². The zero-order valence-corrected chi connectivity index (χ0v) is 11.0. The molecule has 1 amide bonds. The number of ether oxygens (including phenoxy) is 1. The molecule has 110 valence electrons. The SMILES string of the molecule is O=C(Nc1cc(Cl)cc(C(F)(F)F)c1)C1CNCCO1. The highest BCUT2D eigenvalue weighted by atomic mass is 35.5. The molecule has 1 fully saturated rings. The van der Waals surface area contributed by atoms with Crippen molar-refractivity contribution in [1.29, 1.82) is 0 Å². The summed E-state index contributed by atoms with van der Waals surface area (Å²) in [5.41, 5.74) is -0.924. The minimum Gasteiger partial charge on any atom is -0.366 e. The number of anilines is 1. The van der Waals surface area contributed by atoms with Crippen molar-refractivity contribution in [3.05, 3.63) is 28.8 Å². The largest absolute Gasteiger partial charge is 0.416 e. The quantitative estimate of drug-likeness (QED) is 0.881. The third-order valence-corrected chi connectivity index (χ3v) is 2.93. The molecule has 1 aromatic carbocycles. The van der Waals surface area contributed by atoms with Crippen LogP contribution in [0.3, 0.4) is 0 Å². The van der Waals surface area contributed by atoms with Crippen molar-refractivity contribution in [2.45, 2.75) is 12.3 Å². The molecule has 1 heterocycles. The molecule has 2 N–H and O–H groups in total. The highest BCUT2D eigenvalue weighted by Crippen LogP contribution is 2.33. The Kier molecular flexibility index (Phi) is 4.52. The second kappa shape index (κ2) is 5.99. The molecule has 0 aromatic heterocycles. The van der Waals surface area contributed by atoms with Crippen LogP contribution in [0.2, 0.25) is 5.02 Å². The Bertz CT molecular complexity index is 502. The Morgan fingerprint density at radius 1 is 1.40 bits per heavy atom. The van der Waals surface area contributed by atoms with Crippen molar-refractivity contribution in [2.75, 3.05) is 25.0 Å². The summed E-state index contributed by atoms with van der Waals surface area (Å²) in [6.45, 7) is 1.33. The summed E-state index contributed by atoms with van der Waals surface area (Å²) in [7, 11) is 0. The van der Waals surface area contributed by atoms with E-state index < -0.39 is 23.8 Å². The second-order valence-electron chi connectivity index (χ2n) is 4.28. The zero-order valence-electron chi connectivity index (χ0n) is 10.3. The van der Waals surface area contributed by atoms with Crippen LogP contribution in [0.5, 0.6) is 0 Å². The van der Waals surface area contributed by atoms with Crippen molar-refractivity contribution in [3.63, 3.8) is 0 Å². The molecular weight excluding hydrogens is 297 g/mol. The van der Waals surface area contributed by atoms with Crippen LogP contribution in [-0.2, 0) is 15.7 Å². The van der Waals surface area contributed by atoms with E-state index in [0.717, 1.165) is 12.1 Å². The number of carbonyl (C=O) groups is 1. The fourth-order valence-electron chi connectivity index (χ4n) is 1.78. The van der Waals surface area contributed by atoms with Gasteiger partial charge in [-0.05, 0) is 18.2 Å². The average Bonchev–Trinajstić information content (AvgIpc) is 2.38. The van der Waals surface area contributed by atoms with Gasteiger partial charge in [0.1, 0.15) is 6.10 Å². The first-order valence-electron chi connectivity index (χ1n) is 5.87. The van der Waals surface area contributed by atoms with Crippen LogP contribution < -0.4 is 10.6 Å². The van der Waals surface area contributed by atoms with E-state index in [1.807, 2.05) is 0 Å². The minimum atomic E-state index is -4.52. The number of morpholine rings is 1. The number of alkyl halides is 3. The maximum Gasteiger partial charge on any atom is 0.416 e. The van der Waals surface area contributed by atoms with Crippen molar-refractivity contribution < 1.29 is 22.7 Å². The lowest BCUT2D eigenvalue weighted by atomic mass is 10.2. The van der Waals surface area contributed by atoms with E-state index in [0.29, 0.717) is 19.7 Å². The molecule has 8 heteroatoms. The van der Waals surface area contributed by atoms with Crippen molar-refractivity contribution in [1.82, 2.24) is 5.32 Å². The maximum absolute atomic E-state index is 12.6. The van der Waals surface area contributed by atoms with Gasteiger partial charge in [-0.2, -0.15) is 13.2 Å². The molecule has 20 heavy (non-hydrogen) atoms. The first-order chi connectivity index (χ1) is 9.36. The number of carbonyl (C=O) groups excluding carboxylic acids is 1. The molecular formula is C12H12ClF3N2O2. The molecule has 1 aromatic rings. The minimum absolute atomic E-state index is 0.0102. The molecule has 1 unspecified atom stereocenters. The van der Waals surface area contributed by atoms with Crippen LogP contribution in [0.25, 0.3) is 0 Å². The molecule has 0 spiro atoms. The van der Waals surface area contributed by atoms with Gasteiger partial charge in [-0.15, -0.1) is 0 Å². The molecule has 1 aliphatic heterocycles. The van der Waals surface area contributed by atoms with E-state index in [1.165, 1.54) is 6.07 Å². The fraction of sp³-hybridized carbons (Fsp3) is 0.417. The molecule has 0 aliphatic carbocycles. The Balaban J connectivity index is 2.12. The Morgan fingerprint density at radius 2 is 2.15 bits per heavy atom. The molecule has 2 rings (SSSR count). The Labute approximate surface area is 118 Å². The van der Waals surface area contributed by atoms with Crippen LogP contribution >= 0.6 is 11.6 Å². The predicted octanol–water partition coefficient (Wildman–Crippen LogP) is 2.29. The normalized spacial score (nSPS) is 19.7. The van der Waals surface area contributed by atoms with Gasteiger partial charge in [0.15, 0.2) is 0 Å². The van der Waals surface area contributed by atoms with E-state index in [1.54, 1.807) is 0 Å². The zero-order chi connectivity index (χ0) is 14.8. The predicted molar refractivity (Wildman–Crippen MR) is 67.7 cm³/mol. The molecule has 1 saturated heterocycles. The number of halogens is 4. The highest BCUT2D eigenvalue weighted by molar-refractivity contribution is 6.31. The summed E-state index contributed by atoms with van der Waals surface area (Å²) in [6, 6.07) is 2.89. The van der Waals surface area contributed by atoms with Gasteiger partial charge in [0.25, 0.3) is 5.91 Å². The van der Waals surface area contributed by atoms with Crippen LogP contribution in [-0.4, -0.2) is 31.7 Å². The van der Waals surface area contributed by atoms with Gasteiger partial charge in [-0.1, -0.05) is 11.6 Å². The lowest BCUT2D eigenvalue weighted by Gasteiger charge is -2.23. The van der Waals surface area contributed by atoms with E-state index in [4.69, 9.17) is 16.3 Å². The smallest absolute Gasteiger partial charge is 0.366 e. The molecule has 0 bridgehead atoms. The molecule has 4 nitrogen and oxygen atoms in total. The fourth-order valence-corrected chi connectivity index (χ4v) is 2.02. The van der Waals surface area contributed by atoms with Gasteiger partial charge in [0.05, 0.1) is 12.2 Å². The van der Waals surface area contributed by atoms with Crippen LogP contribution in [0.1, 0.15) is 5.56 Å². The summed E-state index contributed by atoms with van der Waals surface area (Å²) in [4.78, 5) is 11.8. The third-order valence-electron chi connectivity index (χ3n) is 2.71. The van der Waals surface area contributed by atoms with Crippen LogP contribution in [0, 0.1) is 0 Å². The van der Waals surface area contributed by atoms with Gasteiger partial charge in [0, 0.05) is 23.8 Å². The first kappa shape index (κ1) is 15.1. The number of rotatable bonds is 2. The number of hydrogen-bond donors (Lipinski definition) is 2.